The van der Waals surface area contributed by atoms with Crippen molar-refractivity contribution in [2.75, 3.05) is 0 Å². The summed E-state index contributed by atoms with van der Waals surface area (Å²) in [6.07, 6.45) is 2.09. The van der Waals surface area contributed by atoms with Gasteiger partial charge in [-0.3, -0.25) is 0 Å². The van der Waals surface area contributed by atoms with Crippen molar-refractivity contribution in [1.82, 2.24) is 4.98 Å². The average molecular weight is 272 g/mol. The van der Waals surface area contributed by atoms with Gasteiger partial charge in [-0.1, -0.05) is 37.6 Å². The summed E-state index contributed by atoms with van der Waals surface area (Å²) in [5.41, 5.74) is 10.3. The number of aromatic nitrogens is 1. The van der Waals surface area contributed by atoms with Crippen LogP contribution in [0.15, 0.2) is 24.3 Å². The molecule has 100 valence electrons. The number of aryl methyl sites for hydroxylation is 1. The van der Waals surface area contributed by atoms with Gasteiger partial charge in [-0.05, 0) is 31.2 Å². The molecular weight excluding hydrogens is 252 g/mol. The zero-order valence-electron chi connectivity index (χ0n) is 11.7. The number of hydrogen-bond acceptors (Lipinski definition) is 3. The highest BCUT2D eigenvalue weighted by atomic mass is 32.1. The van der Waals surface area contributed by atoms with Gasteiger partial charge in [-0.25, -0.2) is 4.98 Å². The van der Waals surface area contributed by atoms with Crippen molar-refractivity contribution in [2.24, 2.45) is 11.1 Å². The Labute approximate surface area is 118 Å². The van der Waals surface area contributed by atoms with E-state index in [4.69, 9.17) is 10.7 Å². The van der Waals surface area contributed by atoms with Crippen LogP contribution in [0.2, 0.25) is 0 Å². The lowest BCUT2D eigenvalue weighted by atomic mass is 9.77. The van der Waals surface area contributed by atoms with Gasteiger partial charge in [0, 0.05) is 16.5 Å². The van der Waals surface area contributed by atoms with Crippen molar-refractivity contribution in [3.63, 3.8) is 0 Å². The number of benzene rings is 1. The Morgan fingerprint density at radius 2 is 2.16 bits per heavy atom. The Bertz CT molecular complexity index is 613. The number of fused-ring (bicyclic) bond motifs is 1. The van der Waals surface area contributed by atoms with E-state index in [1.807, 2.05) is 0 Å². The lowest BCUT2D eigenvalue weighted by Gasteiger charge is -2.32. The molecule has 0 bridgehead atoms. The molecule has 3 heteroatoms. The monoisotopic (exact) mass is 272 g/mol. The molecule has 2 nitrogen and oxygen atoms in total. The molecule has 1 heterocycles. The molecule has 0 amide bonds. The molecule has 0 spiro atoms. The largest absolute Gasteiger partial charge is 0.323 e. The van der Waals surface area contributed by atoms with Crippen LogP contribution in [0, 0.1) is 12.3 Å². The van der Waals surface area contributed by atoms with Crippen LogP contribution in [-0.4, -0.2) is 4.98 Å². The Hall–Kier alpha value is -1.19. The zero-order valence-corrected chi connectivity index (χ0v) is 12.6. The summed E-state index contributed by atoms with van der Waals surface area (Å²) in [6, 6.07) is 8.69. The molecule has 3 rings (SSSR count). The second-order valence-electron chi connectivity index (χ2n) is 6.35. The maximum absolute atomic E-state index is 6.31. The summed E-state index contributed by atoms with van der Waals surface area (Å²) in [5.74, 6) is 0. The van der Waals surface area contributed by atoms with Crippen LogP contribution in [0.5, 0.6) is 0 Å². The molecule has 0 radical (unpaired) electrons. The number of rotatable bonds is 1. The van der Waals surface area contributed by atoms with Gasteiger partial charge in [-0.2, -0.15) is 0 Å². The van der Waals surface area contributed by atoms with Crippen molar-refractivity contribution >= 4 is 11.3 Å². The molecule has 1 aliphatic rings. The highest BCUT2D eigenvalue weighted by molar-refractivity contribution is 7.15. The van der Waals surface area contributed by atoms with Crippen molar-refractivity contribution in [3.8, 4) is 10.6 Å². The molecular formula is C16H20N2S. The maximum atomic E-state index is 6.31. The van der Waals surface area contributed by atoms with E-state index in [1.54, 1.807) is 11.3 Å². The van der Waals surface area contributed by atoms with Crippen LogP contribution in [-0.2, 0) is 6.42 Å². The van der Waals surface area contributed by atoms with Gasteiger partial charge in [-0.15, -0.1) is 11.3 Å². The van der Waals surface area contributed by atoms with Crippen molar-refractivity contribution < 1.29 is 0 Å². The second kappa shape index (κ2) is 4.43. The SMILES string of the molecule is Cc1cccc(-c2nc3c(s2)C(N)CC(C)(C)C3)c1. The van der Waals surface area contributed by atoms with Gasteiger partial charge in [0.25, 0.3) is 0 Å². The summed E-state index contributed by atoms with van der Waals surface area (Å²) in [7, 11) is 0. The molecule has 2 N–H and O–H groups in total. The Morgan fingerprint density at radius 1 is 1.37 bits per heavy atom. The second-order valence-corrected chi connectivity index (χ2v) is 7.38. The fraction of sp³-hybridized carbons (Fsp3) is 0.438. The standard InChI is InChI=1S/C16H20N2S/c1-10-5-4-6-11(7-10)15-18-13-9-16(2,3)8-12(17)14(13)19-15/h4-7,12H,8-9,17H2,1-3H3. The molecule has 0 saturated heterocycles. The van der Waals surface area contributed by atoms with E-state index in [1.165, 1.54) is 21.7 Å². The van der Waals surface area contributed by atoms with E-state index < -0.39 is 0 Å². The molecule has 0 aliphatic heterocycles. The Balaban J connectivity index is 2.04. The third kappa shape index (κ3) is 2.45. The topological polar surface area (TPSA) is 38.9 Å². The summed E-state index contributed by atoms with van der Waals surface area (Å²) >= 11 is 1.77. The molecule has 0 fully saturated rings. The number of nitrogens with two attached hydrogens (primary N) is 1. The lowest BCUT2D eigenvalue weighted by Crippen LogP contribution is -2.28. The molecule has 2 aromatic rings. The van der Waals surface area contributed by atoms with Crippen LogP contribution >= 0.6 is 11.3 Å². The van der Waals surface area contributed by atoms with Gasteiger partial charge in [0.1, 0.15) is 5.01 Å². The van der Waals surface area contributed by atoms with Crippen LogP contribution in [0.3, 0.4) is 0 Å². The van der Waals surface area contributed by atoms with Gasteiger partial charge in [0.2, 0.25) is 0 Å². The minimum atomic E-state index is 0.148. The first-order chi connectivity index (χ1) is 8.94. The van der Waals surface area contributed by atoms with Crippen LogP contribution in [0.25, 0.3) is 10.6 Å². The quantitative estimate of drug-likeness (QED) is 0.849. The molecule has 0 saturated carbocycles. The van der Waals surface area contributed by atoms with E-state index in [2.05, 4.69) is 45.0 Å². The van der Waals surface area contributed by atoms with E-state index in [-0.39, 0.29) is 11.5 Å². The van der Waals surface area contributed by atoms with Crippen LogP contribution < -0.4 is 5.73 Å². The molecule has 1 unspecified atom stereocenters. The van der Waals surface area contributed by atoms with Gasteiger partial charge >= 0.3 is 0 Å². The third-order valence-corrected chi connectivity index (χ3v) is 5.03. The van der Waals surface area contributed by atoms with Gasteiger partial charge < -0.3 is 5.73 Å². The molecule has 19 heavy (non-hydrogen) atoms. The van der Waals surface area contributed by atoms with Gasteiger partial charge in [0.05, 0.1) is 5.69 Å². The average Bonchev–Trinajstić information content (AvgIpc) is 2.71. The summed E-state index contributed by atoms with van der Waals surface area (Å²) < 4.78 is 0. The fourth-order valence-electron chi connectivity index (χ4n) is 2.89. The molecule has 1 aromatic carbocycles. The molecule has 1 aliphatic carbocycles. The fourth-order valence-corrected chi connectivity index (χ4v) is 3.97. The summed E-state index contributed by atoms with van der Waals surface area (Å²) in [6.45, 7) is 6.68. The van der Waals surface area contributed by atoms with Crippen molar-refractivity contribution in [3.05, 3.63) is 40.4 Å². The van der Waals surface area contributed by atoms with E-state index in [0.29, 0.717) is 0 Å². The first-order valence-electron chi connectivity index (χ1n) is 6.77. The lowest BCUT2D eigenvalue weighted by molar-refractivity contribution is 0.282. The molecule has 1 atom stereocenters. The number of hydrogen-bond donors (Lipinski definition) is 1. The first-order valence-corrected chi connectivity index (χ1v) is 7.58. The maximum Gasteiger partial charge on any atom is 0.123 e. The van der Waals surface area contributed by atoms with E-state index in [0.717, 1.165) is 17.8 Å². The Kier molecular flexibility index (Phi) is 2.99. The van der Waals surface area contributed by atoms with Gasteiger partial charge in [0.15, 0.2) is 0 Å². The minimum absolute atomic E-state index is 0.148. The Morgan fingerprint density at radius 3 is 2.89 bits per heavy atom. The summed E-state index contributed by atoms with van der Waals surface area (Å²) in [5, 5.41) is 1.11. The van der Waals surface area contributed by atoms with E-state index in [9.17, 15) is 0 Å². The number of thiazole rings is 1. The molecule has 1 aromatic heterocycles. The van der Waals surface area contributed by atoms with E-state index >= 15 is 0 Å². The number of nitrogens with zero attached hydrogens (tertiary/aromatic N) is 1. The highest BCUT2D eigenvalue weighted by Crippen LogP contribution is 2.43. The first kappa shape index (κ1) is 12.8. The summed E-state index contributed by atoms with van der Waals surface area (Å²) in [4.78, 5) is 6.13. The van der Waals surface area contributed by atoms with Crippen LogP contribution in [0.4, 0.5) is 0 Å². The third-order valence-electron chi connectivity index (χ3n) is 3.75. The van der Waals surface area contributed by atoms with Crippen LogP contribution in [0.1, 0.15) is 42.4 Å². The zero-order chi connectivity index (χ0) is 13.6. The normalized spacial score (nSPS) is 21.2. The highest BCUT2D eigenvalue weighted by Gasteiger charge is 2.33. The predicted octanol–water partition coefficient (Wildman–Crippen LogP) is 4.09. The van der Waals surface area contributed by atoms with Crippen molar-refractivity contribution in [2.45, 2.75) is 39.7 Å². The minimum Gasteiger partial charge on any atom is -0.323 e. The predicted molar refractivity (Wildman–Crippen MR) is 81.3 cm³/mol. The smallest absolute Gasteiger partial charge is 0.123 e. The van der Waals surface area contributed by atoms with Crippen molar-refractivity contribution in [1.29, 1.82) is 0 Å².